The van der Waals surface area contributed by atoms with Crippen molar-refractivity contribution in [3.05, 3.63) is 30.5 Å². The lowest BCUT2D eigenvalue weighted by Crippen LogP contribution is -2.34. The second kappa shape index (κ2) is 5.29. The fourth-order valence-electron chi connectivity index (χ4n) is 1.81. The standard InChI is InChI=1S/C13H19N3O/c1-10(2)14-8-12(17)9-16-13-6-4-3-5-11(13)7-15-16/h3-7,10,12,14,17H,8-9H2,1-2H3. The molecule has 0 spiro atoms. The zero-order valence-corrected chi connectivity index (χ0v) is 10.3. The van der Waals surface area contributed by atoms with Gasteiger partial charge in [-0.3, -0.25) is 4.68 Å². The fourth-order valence-corrected chi connectivity index (χ4v) is 1.81. The van der Waals surface area contributed by atoms with Gasteiger partial charge < -0.3 is 10.4 Å². The van der Waals surface area contributed by atoms with Crippen LogP contribution in [0.15, 0.2) is 30.5 Å². The molecular formula is C13H19N3O. The van der Waals surface area contributed by atoms with E-state index in [1.54, 1.807) is 0 Å². The van der Waals surface area contributed by atoms with Crippen LogP contribution in [-0.4, -0.2) is 33.6 Å². The van der Waals surface area contributed by atoms with Gasteiger partial charge in [0.25, 0.3) is 0 Å². The molecule has 2 rings (SSSR count). The Hall–Kier alpha value is -1.39. The van der Waals surface area contributed by atoms with Crippen LogP contribution in [0.1, 0.15) is 13.8 Å². The summed E-state index contributed by atoms with van der Waals surface area (Å²) in [7, 11) is 0. The number of nitrogens with one attached hydrogen (secondary N) is 1. The monoisotopic (exact) mass is 233 g/mol. The topological polar surface area (TPSA) is 50.1 Å². The minimum atomic E-state index is -0.416. The molecule has 0 aliphatic heterocycles. The maximum absolute atomic E-state index is 9.91. The largest absolute Gasteiger partial charge is 0.390 e. The van der Waals surface area contributed by atoms with Gasteiger partial charge in [0, 0.05) is 18.0 Å². The van der Waals surface area contributed by atoms with Crippen LogP contribution in [0.4, 0.5) is 0 Å². The number of para-hydroxylation sites is 1. The van der Waals surface area contributed by atoms with E-state index in [-0.39, 0.29) is 0 Å². The maximum atomic E-state index is 9.91. The minimum absolute atomic E-state index is 0.388. The molecule has 0 fully saturated rings. The first-order chi connectivity index (χ1) is 8.16. The zero-order chi connectivity index (χ0) is 12.3. The van der Waals surface area contributed by atoms with Crippen molar-refractivity contribution >= 4 is 10.9 Å². The van der Waals surface area contributed by atoms with Crippen molar-refractivity contribution in [2.75, 3.05) is 6.54 Å². The molecule has 0 radical (unpaired) electrons. The number of aromatic nitrogens is 2. The highest BCUT2D eigenvalue weighted by atomic mass is 16.3. The van der Waals surface area contributed by atoms with Crippen LogP contribution in [0.5, 0.6) is 0 Å². The number of nitrogens with zero attached hydrogens (tertiary/aromatic N) is 2. The Balaban J connectivity index is 2.03. The predicted octanol–water partition coefficient (Wildman–Crippen LogP) is 1.40. The lowest BCUT2D eigenvalue weighted by Gasteiger charge is -2.14. The summed E-state index contributed by atoms with van der Waals surface area (Å²) in [4.78, 5) is 0. The normalized spacial score (nSPS) is 13.4. The number of rotatable bonds is 5. The summed E-state index contributed by atoms with van der Waals surface area (Å²) >= 11 is 0. The molecule has 2 aromatic rings. The molecule has 1 aromatic carbocycles. The lowest BCUT2D eigenvalue weighted by atomic mass is 10.2. The van der Waals surface area contributed by atoms with E-state index in [1.807, 2.05) is 35.1 Å². The van der Waals surface area contributed by atoms with Crippen LogP contribution in [-0.2, 0) is 6.54 Å². The van der Waals surface area contributed by atoms with Crippen LogP contribution < -0.4 is 5.32 Å². The Morgan fingerprint density at radius 1 is 1.35 bits per heavy atom. The number of aliphatic hydroxyl groups is 1. The first kappa shape index (κ1) is 12.1. The Morgan fingerprint density at radius 3 is 2.88 bits per heavy atom. The smallest absolute Gasteiger partial charge is 0.0860 e. The van der Waals surface area contributed by atoms with Crippen molar-refractivity contribution in [1.29, 1.82) is 0 Å². The average Bonchev–Trinajstić information content (AvgIpc) is 2.70. The molecule has 92 valence electrons. The summed E-state index contributed by atoms with van der Waals surface area (Å²) in [6, 6.07) is 8.41. The van der Waals surface area contributed by atoms with Crippen LogP contribution in [0.3, 0.4) is 0 Å². The van der Waals surface area contributed by atoms with Gasteiger partial charge in [-0.1, -0.05) is 32.0 Å². The maximum Gasteiger partial charge on any atom is 0.0860 e. The van der Waals surface area contributed by atoms with E-state index in [9.17, 15) is 5.11 Å². The van der Waals surface area contributed by atoms with Gasteiger partial charge in [-0.2, -0.15) is 5.10 Å². The summed E-state index contributed by atoms with van der Waals surface area (Å²) in [5.41, 5.74) is 1.07. The average molecular weight is 233 g/mol. The van der Waals surface area contributed by atoms with Crippen molar-refractivity contribution in [2.24, 2.45) is 0 Å². The molecule has 2 N–H and O–H groups in total. The van der Waals surface area contributed by atoms with Crippen molar-refractivity contribution < 1.29 is 5.11 Å². The Bertz CT molecular complexity index is 478. The van der Waals surface area contributed by atoms with Crippen molar-refractivity contribution in [1.82, 2.24) is 15.1 Å². The van der Waals surface area contributed by atoms with Crippen LogP contribution >= 0.6 is 0 Å². The molecule has 1 unspecified atom stereocenters. The van der Waals surface area contributed by atoms with E-state index in [0.29, 0.717) is 19.1 Å². The van der Waals surface area contributed by atoms with E-state index in [4.69, 9.17) is 0 Å². The van der Waals surface area contributed by atoms with Crippen LogP contribution in [0, 0.1) is 0 Å². The summed E-state index contributed by atoms with van der Waals surface area (Å²) in [6.45, 7) is 5.24. The van der Waals surface area contributed by atoms with Crippen molar-refractivity contribution in [3.63, 3.8) is 0 Å². The summed E-state index contributed by atoms with van der Waals surface area (Å²) in [6.07, 6.45) is 1.42. The second-order valence-corrected chi connectivity index (χ2v) is 4.60. The van der Waals surface area contributed by atoms with E-state index in [1.165, 1.54) is 0 Å². The molecule has 4 heteroatoms. The lowest BCUT2D eigenvalue weighted by molar-refractivity contribution is 0.146. The number of hydrogen-bond acceptors (Lipinski definition) is 3. The predicted molar refractivity (Wildman–Crippen MR) is 68.9 cm³/mol. The first-order valence-electron chi connectivity index (χ1n) is 5.99. The zero-order valence-electron chi connectivity index (χ0n) is 10.3. The highest BCUT2D eigenvalue weighted by molar-refractivity contribution is 5.78. The van der Waals surface area contributed by atoms with Crippen molar-refractivity contribution in [2.45, 2.75) is 32.5 Å². The summed E-state index contributed by atoms with van der Waals surface area (Å²) in [5, 5.41) is 18.5. The molecule has 0 amide bonds. The number of benzene rings is 1. The molecule has 0 saturated carbocycles. The quantitative estimate of drug-likeness (QED) is 0.820. The third-order valence-corrected chi connectivity index (χ3v) is 2.70. The van der Waals surface area contributed by atoms with Gasteiger partial charge in [-0.05, 0) is 6.07 Å². The number of aliphatic hydroxyl groups excluding tert-OH is 1. The third-order valence-electron chi connectivity index (χ3n) is 2.70. The molecule has 4 nitrogen and oxygen atoms in total. The first-order valence-corrected chi connectivity index (χ1v) is 5.99. The summed E-state index contributed by atoms with van der Waals surface area (Å²) in [5.74, 6) is 0. The molecule has 1 heterocycles. The fraction of sp³-hybridized carbons (Fsp3) is 0.462. The molecular weight excluding hydrogens is 214 g/mol. The Kier molecular flexibility index (Phi) is 3.76. The third kappa shape index (κ3) is 3.05. The molecule has 0 aliphatic carbocycles. The van der Waals surface area contributed by atoms with Gasteiger partial charge in [0.2, 0.25) is 0 Å². The minimum Gasteiger partial charge on any atom is -0.390 e. The SMILES string of the molecule is CC(C)NCC(O)Cn1ncc2ccccc21. The second-order valence-electron chi connectivity index (χ2n) is 4.60. The van der Waals surface area contributed by atoms with Gasteiger partial charge in [0.05, 0.1) is 24.4 Å². The van der Waals surface area contributed by atoms with Crippen LogP contribution in [0.2, 0.25) is 0 Å². The Morgan fingerprint density at radius 2 is 2.12 bits per heavy atom. The van der Waals surface area contributed by atoms with Crippen molar-refractivity contribution in [3.8, 4) is 0 Å². The van der Waals surface area contributed by atoms with E-state index < -0.39 is 6.10 Å². The highest BCUT2D eigenvalue weighted by Gasteiger charge is 2.08. The molecule has 1 aromatic heterocycles. The van der Waals surface area contributed by atoms with Crippen LogP contribution in [0.25, 0.3) is 10.9 Å². The Labute approximate surface area is 101 Å². The molecule has 1 atom stereocenters. The highest BCUT2D eigenvalue weighted by Crippen LogP contribution is 2.12. The van der Waals surface area contributed by atoms with Gasteiger partial charge in [0.1, 0.15) is 0 Å². The molecule has 0 aliphatic rings. The molecule has 17 heavy (non-hydrogen) atoms. The summed E-state index contributed by atoms with van der Waals surface area (Å²) < 4.78 is 1.85. The molecule has 0 bridgehead atoms. The van der Waals surface area contributed by atoms with Gasteiger partial charge in [0.15, 0.2) is 0 Å². The molecule has 0 saturated heterocycles. The van der Waals surface area contributed by atoms with Gasteiger partial charge >= 0.3 is 0 Å². The van der Waals surface area contributed by atoms with E-state index in [0.717, 1.165) is 10.9 Å². The number of hydrogen-bond donors (Lipinski definition) is 2. The van der Waals surface area contributed by atoms with Gasteiger partial charge in [-0.25, -0.2) is 0 Å². The van der Waals surface area contributed by atoms with E-state index in [2.05, 4.69) is 24.3 Å². The number of fused-ring (bicyclic) bond motifs is 1. The van der Waals surface area contributed by atoms with E-state index >= 15 is 0 Å². The van der Waals surface area contributed by atoms with Gasteiger partial charge in [-0.15, -0.1) is 0 Å².